The first kappa shape index (κ1) is 21.5. The lowest BCUT2D eigenvalue weighted by Crippen LogP contribution is -2.26. The van der Waals surface area contributed by atoms with Crippen LogP contribution in [0.4, 0.5) is 0 Å². The van der Waals surface area contributed by atoms with Gasteiger partial charge in [0.25, 0.3) is 11.8 Å². The fraction of sp³-hybridized carbons (Fsp3) is 0.167. The Balaban J connectivity index is 1.43. The first-order valence-corrected chi connectivity index (χ1v) is 10.3. The van der Waals surface area contributed by atoms with E-state index in [-0.39, 0.29) is 30.7 Å². The molecule has 2 amide bonds. The number of fused-ring (bicyclic) bond motifs is 1. The van der Waals surface area contributed by atoms with Gasteiger partial charge in [0.15, 0.2) is 11.5 Å². The second-order valence-electron chi connectivity index (χ2n) is 7.09. The molecule has 0 saturated carbocycles. The third-order valence-electron chi connectivity index (χ3n) is 4.96. The number of halogens is 1. The van der Waals surface area contributed by atoms with Crippen molar-refractivity contribution in [2.45, 2.75) is 13.1 Å². The Morgan fingerprint density at radius 3 is 2.34 bits per heavy atom. The van der Waals surface area contributed by atoms with Crippen molar-refractivity contribution in [3.05, 3.63) is 87.9 Å². The van der Waals surface area contributed by atoms with Crippen molar-refractivity contribution in [3.63, 3.8) is 0 Å². The van der Waals surface area contributed by atoms with Crippen LogP contribution in [0, 0.1) is 0 Å². The van der Waals surface area contributed by atoms with Crippen LogP contribution in [-0.2, 0) is 13.1 Å². The highest BCUT2D eigenvalue weighted by atomic mass is 35.5. The van der Waals surface area contributed by atoms with Crippen LogP contribution >= 0.6 is 11.6 Å². The largest absolute Gasteiger partial charge is 0.496 e. The molecule has 32 heavy (non-hydrogen) atoms. The minimum Gasteiger partial charge on any atom is -0.496 e. The normalized spacial score (nSPS) is 11.7. The van der Waals surface area contributed by atoms with Gasteiger partial charge in [-0.1, -0.05) is 29.8 Å². The maximum atomic E-state index is 12.8. The quantitative estimate of drug-likeness (QED) is 0.567. The van der Waals surface area contributed by atoms with Gasteiger partial charge in [0.1, 0.15) is 5.75 Å². The van der Waals surface area contributed by atoms with Crippen LogP contribution in [-0.4, -0.2) is 25.7 Å². The maximum Gasteiger partial charge on any atom is 0.255 e. The Hall–Kier alpha value is -3.71. The summed E-state index contributed by atoms with van der Waals surface area (Å²) in [5, 5.41) is 6.32. The van der Waals surface area contributed by atoms with Crippen molar-refractivity contribution >= 4 is 23.4 Å². The molecule has 4 rings (SSSR count). The molecule has 164 valence electrons. The lowest BCUT2D eigenvalue weighted by molar-refractivity contribution is 0.0947. The molecule has 7 nitrogen and oxygen atoms in total. The molecule has 0 aromatic heterocycles. The number of nitrogens with one attached hydrogen (secondary N) is 2. The number of amides is 2. The second kappa shape index (κ2) is 9.62. The molecular formula is C24H21ClN2O5. The van der Waals surface area contributed by atoms with Crippen molar-refractivity contribution in [1.29, 1.82) is 0 Å². The molecular weight excluding hydrogens is 432 g/mol. The van der Waals surface area contributed by atoms with E-state index in [2.05, 4.69) is 10.6 Å². The van der Waals surface area contributed by atoms with Gasteiger partial charge in [-0.15, -0.1) is 0 Å². The highest BCUT2D eigenvalue weighted by Crippen LogP contribution is 2.32. The predicted molar refractivity (Wildman–Crippen MR) is 119 cm³/mol. The average molecular weight is 453 g/mol. The summed E-state index contributed by atoms with van der Waals surface area (Å²) in [6.45, 7) is 0.814. The minimum atomic E-state index is -0.355. The number of carbonyl (C=O) groups excluding carboxylic acids is 2. The van der Waals surface area contributed by atoms with Gasteiger partial charge in [0.2, 0.25) is 6.79 Å². The topological polar surface area (TPSA) is 85.9 Å². The van der Waals surface area contributed by atoms with Crippen LogP contribution < -0.4 is 24.8 Å². The predicted octanol–water partition coefficient (Wildman–Crippen LogP) is 3.94. The number of ether oxygens (including phenoxy) is 3. The second-order valence-corrected chi connectivity index (χ2v) is 7.53. The van der Waals surface area contributed by atoms with Crippen molar-refractivity contribution in [2.75, 3.05) is 13.9 Å². The molecule has 1 aliphatic heterocycles. The van der Waals surface area contributed by atoms with Crippen LogP contribution in [0.25, 0.3) is 0 Å². The van der Waals surface area contributed by atoms with Crippen LogP contribution in [0.2, 0.25) is 5.02 Å². The summed E-state index contributed by atoms with van der Waals surface area (Å²) in [6, 6.07) is 17.4. The van der Waals surface area contributed by atoms with Crippen molar-refractivity contribution in [2.24, 2.45) is 0 Å². The van der Waals surface area contributed by atoms with Gasteiger partial charge >= 0.3 is 0 Å². The van der Waals surface area contributed by atoms with Crippen molar-refractivity contribution in [3.8, 4) is 17.2 Å². The fourth-order valence-electron chi connectivity index (χ4n) is 3.24. The van der Waals surface area contributed by atoms with Crippen LogP contribution in [0.1, 0.15) is 31.8 Å². The highest BCUT2D eigenvalue weighted by Gasteiger charge is 2.17. The van der Waals surface area contributed by atoms with E-state index in [4.69, 9.17) is 25.8 Å². The molecule has 1 heterocycles. The molecule has 2 N–H and O–H groups in total. The highest BCUT2D eigenvalue weighted by molar-refractivity contribution is 6.30. The number of carbonyl (C=O) groups is 2. The van der Waals surface area contributed by atoms with E-state index in [1.165, 1.54) is 13.2 Å². The van der Waals surface area contributed by atoms with Gasteiger partial charge in [0.05, 0.1) is 12.7 Å². The Bertz CT molecular complexity index is 1150. The molecule has 0 unspecified atom stereocenters. The van der Waals surface area contributed by atoms with Gasteiger partial charge in [0, 0.05) is 23.7 Å². The first-order chi connectivity index (χ1) is 15.5. The zero-order valence-electron chi connectivity index (χ0n) is 17.3. The average Bonchev–Trinajstić information content (AvgIpc) is 3.29. The molecule has 3 aromatic rings. The molecule has 0 bridgehead atoms. The van der Waals surface area contributed by atoms with Gasteiger partial charge < -0.3 is 24.8 Å². The Morgan fingerprint density at radius 2 is 1.56 bits per heavy atom. The third kappa shape index (κ3) is 4.95. The Morgan fingerprint density at radius 1 is 0.875 bits per heavy atom. The van der Waals surface area contributed by atoms with Gasteiger partial charge in [-0.25, -0.2) is 0 Å². The van der Waals surface area contributed by atoms with Crippen LogP contribution in [0.15, 0.2) is 60.7 Å². The Kier molecular flexibility index (Phi) is 6.47. The van der Waals surface area contributed by atoms with E-state index in [0.717, 1.165) is 11.1 Å². The zero-order chi connectivity index (χ0) is 22.5. The number of hydrogen-bond acceptors (Lipinski definition) is 5. The van der Waals surface area contributed by atoms with E-state index in [0.29, 0.717) is 34.4 Å². The van der Waals surface area contributed by atoms with E-state index in [9.17, 15) is 9.59 Å². The summed E-state index contributed by atoms with van der Waals surface area (Å²) in [6.07, 6.45) is 0. The maximum absolute atomic E-state index is 12.8. The molecule has 0 saturated heterocycles. The van der Waals surface area contributed by atoms with E-state index in [1.54, 1.807) is 30.3 Å². The standard InChI is InChI=1S/C24H21ClN2O5/c1-30-20-9-5-17(23(28)26-12-15-2-6-18(25)7-3-15)11-19(20)24(29)27-13-16-4-8-21-22(10-16)32-14-31-21/h2-11H,12-14H2,1H3,(H,26,28)(H,27,29). The van der Waals surface area contributed by atoms with Crippen molar-refractivity contribution < 1.29 is 23.8 Å². The Labute approximate surface area is 190 Å². The van der Waals surface area contributed by atoms with Gasteiger partial charge in [-0.3, -0.25) is 9.59 Å². The molecule has 8 heteroatoms. The van der Waals surface area contributed by atoms with Crippen molar-refractivity contribution in [1.82, 2.24) is 10.6 Å². The van der Waals surface area contributed by atoms with E-state index < -0.39 is 0 Å². The fourth-order valence-corrected chi connectivity index (χ4v) is 3.37. The summed E-state index contributed by atoms with van der Waals surface area (Å²) >= 11 is 5.89. The lowest BCUT2D eigenvalue weighted by atomic mass is 10.1. The summed E-state index contributed by atoms with van der Waals surface area (Å²) in [7, 11) is 1.48. The summed E-state index contributed by atoms with van der Waals surface area (Å²) in [5.41, 5.74) is 2.40. The first-order valence-electron chi connectivity index (χ1n) is 9.91. The van der Waals surface area contributed by atoms with Gasteiger partial charge in [-0.2, -0.15) is 0 Å². The van der Waals surface area contributed by atoms with Gasteiger partial charge in [-0.05, 0) is 53.6 Å². The monoisotopic (exact) mass is 452 g/mol. The summed E-state index contributed by atoms with van der Waals surface area (Å²) in [5.74, 6) is 1.05. The number of benzene rings is 3. The molecule has 3 aromatic carbocycles. The lowest BCUT2D eigenvalue weighted by Gasteiger charge is -2.12. The number of methoxy groups -OCH3 is 1. The molecule has 0 spiro atoms. The zero-order valence-corrected chi connectivity index (χ0v) is 18.1. The number of rotatable bonds is 7. The molecule has 1 aliphatic rings. The molecule has 0 fully saturated rings. The van der Waals surface area contributed by atoms with Crippen LogP contribution in [0.5, 0.6) is 17.2 Å². The molecule has 0 aliphatic carbocycles. The smallest absolute Gasteiger partial charge is 0.255 e. The van der Waals surface area contributed by atoms with E-state index >= 15 is 0 Å². The summed E-state index contributed by atoms with van der Waals surface area (Å²) in [4.78, 5) is 25.4. The molecule has 0 radical (unpaired) electrons. The minimum absolute atomic E-state index is 0.190. The third-order valence-corrected chi connectivity index (χ3v) is 5.21. The van der Waals surface area contributed by atoms with E-state index in [1.807, 2.05) is 24.3 Å². The van der Waals surface area contributed by atoms with Crippen LogP contribution in [0.3, 0.4) is 0 Å². The number of hydrogen-bond donors (Lipinski definition) is 2. The molecule has 0 atom stereocenters. The SMILES string of the molecule is COc1ccc(C(=O)NCc2ccc(Cl)cc2)cc1C(=O)NCc1ccc2c(c1)OCO2. The summed E-state index contributed by atoms with van der Waals surface area (Å²) < 4.78 is 16.0.